The fourth-order valence-electron chi connectivity index (χ4n) is 3.74. The van der Waals surface area contributed by atoms with Gasteiger partial charge in [0.05, 0.1) is 11.7 Å². The van der Waals surface area contributed by atoms with E-state index in [1.165, 1.54) is 11.6 Å². The van der Waals surface area contributed by atoms with Crippen molar-refractivity contribution in [3.8, 4) is 0 Å². The van der Waals surface area contributed by atoms with Crippen molar-refractivity contribution in [2.75, 3.05) is 13.1 Å². The fourth-order valence-corrected chi connectivity index (χ4v) is 4.16. The predicted molar refractivity (Wildman–Crippen MR) is 104 cm³/mol. The fraction of sp³-hybridized carbons (Fsp3) is 0.300. The van der Waals surface area contributed by atoms with Gasteiger partial charge in [0.2, 0.25) is 0 Å². The maximum atomic E-state index is 13.0. The zero-order valence-corrected chi connectivity index (χ0v) is 16.2. The molecule has 1 aromatic heterocycles. The molecule has 1 aliphatic rings. The molecule has 2 heterocycles. The molecule has 1 aliphatic heterocycles. The van der Waals surface area contributed by atoms with Crippen LogP contribution >= 0.6 is 23.2 Å². The number of fused-ring (bicyclic) bond motifs is 3. The van der Waals surface area contributed by atoms with Crippen LogP contribution in [0.2, 0.25) is 10.0 Å². The van der Waals surface area contributed by atoms with Crippen LogP contribution in [0, 0.1) is 0 Å². The minimum absolute atomic E-state index is 0.0442. The van der Waals surface area contributed by atoms with Crippen molar-refractivity contribution < 1.29 is 18.3 Å². The zero-order chi connectivity index (χ0) is 20.1. The molecule has 3 nitrogen and oxygen atoms in total. The number of rotatable bonds is 3. The van der Waals surface area contributed by atoms with E-state index in [4.69, 9.17) is 23.2 Å². The Morgan fingerprint density at radius 3 is 2.64 bits per heavy atom. The van der Waals surface area contributed by atoms with Crippen LogP contribution in [0.15, 0.2) is 36.4 Å². The number of aliphatic hydroxyl groups excluding tert-OH is 1. The second kappa shape index (κ2) is 7.26. The number of β-amino-alcohol motifs (C(OH)–C–C–N with tert-alkyl or cyclic N) is 1. The number of nitrogens with one attached hydrogen (secondary N) is 1. The van der Waals surface area contributed by atoms with Crippen molar-refractivity contribution >= 4 is 34.1 Å². The maximum absolute atomic E-state index is 13.0. The van der Waals surface area contributed by atoms with Crippen molar-refractivity contribution in [2.24, 2.45) is 0 Å². The molecule has 0 radical (unpaired) electrons. The second-order valence-corrected chi connectivity index (χ2v) is 7.92. The summed E-state index contributed by atoms with van der Waals surface area (Å²) in [7, 11) is 0. The highest BCUT2D eigenvalue weighted by Gasteiger charge is 2.32. The van der Waals surface area contributed by atoms with Gasteiger partial charge in [-0.3, -0.25) is 4.90 Å². The Morgan fingerprint density at radius 1 is 1.11 bits per heavy atom. The molecule has 2 N–H and O–H groups in total. The van der Waals surface area contributed by atoms with Crippen molar-refractivity contribution in [3.05, 3.63) is 68.8 Å². The monoisotopic (exact) mass is 428 g/mol. The molecule has 3 aromatic rings. The SMILES string of the molecule is OC(CN1CCc2c([nH]c3ccc(Cl)cc23)C1)c1cc(Cl)cc(C(F)(F)F)c1. The first-order chi connectivity index (χ1) is 13.2. The van der Waals surface area contributed by atoms with E-state index in [9.17, 15) is 18.3 Å². The summed E-state index contributed by atoms with van der Waals surface area (Å²) in [5.74, 6) is 0. The van der Waals surface area contributed by atoms with E-state index in [1.54, 1.807) is 0 Å². The van der Waals surface area contributed by atoms with E-state index in [-0.39, 0.29) is 17.1 Å². The number of H-pyrrole nitrogens is 1. The highest BCUT2D eigenvalue weighted by atomic mass is 35.5. The normalized spacial score (nSPS) is 16.4. The Morgan fingerprint density at radius 2 is 1.89 bits per heavy atom. The third-order valence-corrected chi connectivity index (χ3v) is 5.53. The first-order valence-corrected chi connectivity index (χ1v) is 9.53. The lowest BCUT2D eigenvalue weighted by molar-refractivity contribution is -0.137. The summed E-state index contributed by atoms with van der Waals surface area (Å²) in [6.45, 7) is 1.48. The number of aromatic amines is 1. The van der Waals surface area contributed by atoms with Gasteiger partial charge in [-0.05, 0) is 53.9 Å². The molecule has 0 saturated heterocycles. The molecule has 4 rings (SSSR count). The first-order valence-electron chi connectivity index (χ1n) is 8.78. The van der Waals surface area contributed by atoms with Crippen LogP contribution < -0.4 is 0 Å². The molecule has 28 heavy (non-hydrogen) atoms. The Kier molecular flexibility index (Phi) is 5.08. The number of benzene rings is 2. The average Bonchev–Trinajstić information content (AvgIpc) is 2.97. The number of hydrogen-bond acceptors (Lipinski definition) is 2. The molecule has 1 unspecified atom stereocenters. The van der Waals surface area contributed by atoms with Crippen LogP contribution in [0.3, 0.4) is 0 Å². The molecule has 0 bridgehead atoms. The number of aromatic nitrogens is 1. The van der Waals surface area contributed by atoms with Gasteiger partial charge in [0.25, 0.3) is 0 Å². The average molecular weight is 429 g/mol. The molecule has 8 heteroatoms. The van der Waals surface area contributed by atoms with Gasteiger partial charge in [0, 0.05) is 46.3 Å². The van der Waals surface area contributed by atoms with Crippen LogP contribution in [-0.4, -0.2) is 28.1 Å². The lowest BCUT2D eigenvalue weighted by atomic mass is 10.0. The lowest BCUT2D eigenvalue weighted by Crippen LogP contribution is -2.34. The summed E-state index contributed by atoms with van der Waals surface area (Å²) in [4.78, 5) is 5.38. The Bertz CT molecular complexity index is 1030. The molecule has 0 amide bonds. The number of halogens is 5. The lowest BCUT2D eigenvalue weighted by Gasteiger charge is -2.29. The van der Waals surface area contributed by atoms with Crippen molar-refractivity contribution in [2.45, 2.75) is 25.2 Å². The summed E-state index contributed by atoms with van der Waals surface area (Å²) in [5, 5.41) is 12.2. The predicted octanol–water partition coefficient (Wildman–Crippen LogP) is 5.59. The topological polar surface area (TPSA) is 39.3 Å². The number of nitrogens with zero attached hydrogens (tertiary/aromatic N) is 1. The van der Waals surface area contributed by atoms with Gasteiger partial charge in [-0.2, -0.15) is 13.2 Å². The molecule has 0 spiro atoms. The maximum Gasteiger partial charge on any atom is 0.416 e. The first kappa shape index (κ1) is 19.6. The molecular formula is C20H17Cl2F3N2O. The number of hydrogen-bond donors (Lipinski definition) is 2. The zero-order valence-electron chi connectivity index (χ0n) is 14.7. The minimum atomic E-state index is -4.51. The highest BCUT2D eigenvalue weighted by molar-refractivity contribution is 6.31. The van der Waals surface area contributed by atoms with Crippen molar-refractivity contribution in [1.82, 2.24) is 9.88 Å². The van der Waals surface area contributed by atoms with Gasteiger partial charge in [-0.15, -0.1) is 0 Å². The van der Waals surface area contributed by atoms with E-state index >= 15 is 0 Å². The van der Waals surface area contributed by atoms with Crippen LogP contribution in [0.4, 0.5) is 13.2 Å². The van der Waals surface area contributed by atoms with E-state index in [0.29, 0.717) is 18.1 Å². The molecule has 0 saturated carbocycles. The van der Waals surface area contributed by atoms with Crippen molar-refractivity contribution in [1.29, 1.82) is 0 Å². The van der Waals surface area contributed by atoms with Crippen LogP contribution in [-0.2, 0) is 19.1 Å². The summed E-state index contributed by atoms with van der Waals surface area (Å²) >= 11 is 11.9. The van der Waals surface area contributed by atoms with E-state index < -0.39 is 17.8 Å². The third-order valence-electron chi connectivity index (χ3n) is 5.08. The Balaban J connectivity index is 1.53. The van der Waals surface area contributed by atoms with E-state index in [2.05, 4.69) is 4.98 Å². The van der Waals surface area contributed by atoms with E-state index in [1.807, 2.05) is 23.1 Å². The van der Waals surface area contributed by atoms with Crippen molar-refractivity contribution in [3.63, 3.8) is 0 Å². The highest BCUT2D eigenvalue weighted by Crippen LogP contribution is 2.34. The molecular weight excluding hydrogens is 412 g/mol. The Hall–Kier alpha value is -1.73. The van der Waals surface area contributed by atoms with Gasteiger partial charge in [-0.25, -0.2) is 0 Å². The number of alkyl halides is 3. The molecule has 148 valence electrons. The summed E-state index contributed by atoms with van der Waals surface area (Å²) in [6, 6.07) is 8.88. The second-order valence-electron chi connectivity index (χ2n) is 7.04. The third kappa shape index (κ3) is 3.87. The van der Waals surface area contributed by atoms with Gasteiger partial charge < -0.3 is 10.1 Å². The van der Waals surface area contributed by atoms with E-state index in [0.717, 1.165) is 35.2 Å². The van der Waals surface area contributed by atoms with Crippen LogP contribution in [0.1, 0.15) is 28.5 Å². The van der Waals surface area contributed by atoms with Crippen LogP contribution in [0.25, 0.3) is 10.9 Å². The van der Waals surface area contributed by atoms with Gasteiger partial charge in [0.15, 0.2) is 0 Å². The molecule has 1 atom stereocenters. The van der Waals surface area contributed by atoms with Gasteiger partial charge in [-0.1, -0.05) is 23.2 Å². The van der Waals surface area contributed by atoms with Gasteiger partial charge >= 0.3 is 6.18 Å². The van der Waals surface area contributed by atoms with Crippen LogP contribution in [0.5, 0.6) is 0 Å². The molecule has 2 aromatic carbocycles. The minimum Gasteiger partial charge on any atom is -0.387 e. The summed E-state index contributed by atoms with van der Waals surface area (Å²) in [5.41, 5.74) is 2.54. The quantitative estimate of drug-likeness (QED) is 0.570. The summed E-state index contributed by atoms with van der Waals surface area (Å²) < 4.78 is 39.0. The number of aliphatic hydroxyl groups is 1. The smallest absolute Gasteiger partial charge is 0.387 e. The molecule has 0 aliphatic carbocycles. The Labute approximate surface area is 169 Å². The largest absolute Gasteiger partial charge is 0.416 e. The summed E-state index contributed by atoms with van der Waals surface area (Å²) in [6.07, 6.45) is -4.81. The van der Waals surface area contributed by atoms with Gasteiger partial charge in [0.1, 0.15) is 0 Å². The molecule has 0 fully saturated rings. The standard InChI is InChI=1S/C20H17Cl2F3N2O/c21-13-1-2-17-16(8-13)15-3-4-27(9-18(15)26-17)10-19(28)11-5-12(20(23,24)25)7-14(22)6-11/h1-2,5-8,19,26,28H,3-4,9-10H2.